The van der Waals surface area contributed by atoms with Gasteiger partial charge in [0.15, 0.2) is 0 Å². The van der Waals surface area contributed by atoms with Crippen LogP contribution in [-0.2, 0) is 0 Å². The predicted octanol–water partition coefficient (Wildman–Crippen LogP) is 5.21. The number of nitrogens with zero attached hydrogens (tertiary/aromatic N) is 1. The molecule has 0 aromatic rings. The summed E-state index contributed by atoms with van der Waals surface area (Å²) in [4.78, 5) is 4.36. The maximum absolute atomic E-state index is 4.36. The lowest BCUT2D eigenvalue weighted by atomic mass is 9.97. The lowest BCUT2D eigenvalue weighted by molar-refractivity contribution is 1.34. The number of hydrogen-bond acceptors (Lipinski definition) is 1. The summed E-state index contributed by atoms with van der Waals surface area (Å²) in [5, 5.41) is 0. The van der Waals surface area contributed by atoms with Crippen LogP contribution in [0.4, 0.5) is 0 Å². The molecule has 0 radical (unpaired) electrons. The van der Waals surface area contributed by atoms with Crippen LogP contribution >= 0.6 is 0 Å². The van der Waals surface area contributed by atoms with Crippen LogP contribution in [0.25, 0.3) is 0 Å². The van der Waals surface area contributed by atoms with Crippen molar-refractivity contribution >= 4 is 5.71 Å². The van der Waals surface area contributed by atoms with Gasteiger partial charge < -0.3 is 0 Å². The summed E-state index contributed by atoms with van der Waals surface area (Å²) < 4.78 is 0. The highest BCUT2D eigenvalue weighted by atomic mass is 14.7. The summed E-state index contributed by atoms with van der Waals surface area (Å²) in [5.74, 6) is 0. The molecule has 0 N–H and O–H groups in total. The minimum absolute atomic E-state index is 0.905. The van der Waals surface area contributed by atoms with Gasteiger partial charge >= 0.3 is 0 Å². The molecule has 1 heteroatoms. The van der Waals surface area contributed by atoms with Crippen molar-refractivity contribution in [2.45, 2.75) is 27.7 Å². The molecule has 0 fully saturated rings. The van der Waals surface area contributed by atoms with E-state index in [1.54, 1.807) is 7.05 Å². The molecule has 1 nitrogen and oxygen atoms in total. The van der Waals surface area contributed by atoms with Crippen LogP contribution in [0.1, 0.15) is 27.7 Å². The lowest BCUT2D eigenvalue weighted by Crippen LogP contribution is -2.01. The Balaban J connectivity index is 5.78. The standard InChI is InChI=1S/C18H25N/c1-9-10-16(11-13(2)3)18(19-8)12-17(14(4)5)15(6)7/h9-12H,2,4,6H2,1,3,5,7-8H3/b10-9-,16-11+,19-18?. The van der Waals surface area contributed by atoms with Crippen molar-refractivity contribution < 1.29 is 0 Å². The molecule has 0 aromatic heterocycles. The molecule has 0 spiro atoms. The van der Waals surface area contributed by atoms with Gasteiger partial charge in [-0.25, -0.2) is 0 Å². The van der Waals surface area contributed by atoms with Crippen molar-refractivity contribution in [3.8, 4) is 0 Å². The molecule has 0 atom stereocenters. The second-order valence-electron chi connectivity index (χ2n) is 4.67. The molecule has 0 aliphatic rings. The van der Waals surface area contributed by atoms with E-state index in [1.165, 1.54) is 0 Å². The Labute approximate surface area is 118 Å². The Hall–Kier alpha value is -1.89. The summed E-state index contributed by atoms with van der Waals surface area (Å²) in [5.41, 5.74) is 5.96. The Bertz CT molecular complexity index is 478. The Kier molecular flexibility index (Phi) is 7.43. The van der Waals surface area contributed by atoms with Gasteiger partial charge in [-0.05, 0) is 44.9 Å². The van der Waals surface area contributed by atoms with Crippen molar-refractivity contribution in [3.05, 3.63) is 71.9 Å². The molecule has 19 heavy (non-hydrogen) atoms. The molecule has 102 valence electrons. The second-order valence-corrected chi connectivity index (χ2v) is 4.67. The summed E-state index contributed by atoms with van der Waals surface area (Å²) in [6.45, 7) is 19.8. The van der Waals surface area contributed by atoms with Gasteiger partial charge in [-0.15, -0.1) is 0 Å². The molecular formula is C18H25N. The second kappa shape index (κ2) is 8.25. The van der Waals surface area contributed by atoms with E-state index in [0.29, 0.717) is 0 Å². The van der Waals surface area contributed by atoms with Crippen molar-refractivity contribution in [1.29, 1.82) is 0 Å². The molecule has 0 aliphatic heterocycles. The minimum Gasteiger partial charge on any atom is -0.288 e. The topological polar surface area (TPSA) is 12.4 Å². The molecule has 0 saturated carbocycles. The van der Waals surface area contributed by atoms with Crippen LogP contribution in [0.5, 0.6) is 0 Å². The SMILES string of the molecule is C=C(C)/C=C(\C=C/C)C(C=C(C(=C)C)C(=C)C)=NC. The van der Waals surface area contributed by atoms with Crippen LogP contribution < -0.4 is 0 Å². The first-order chi connectivity index (χ1) is 8.83. The van der Waals surface area contributed by atoms with E-state index in [-0.39, 0.29) is 0 Å². The largest absolute Gasteiger partial charge is 0.288 e. The summed E-state index contributed by atoms with van der Waals surface area (Å²) >= 11 is 0. The number of aliphatic imine (C=N–C) groups is 1. The van der Waals surface area contributed by atoms with Crippen molar-refractivity contribution in [2.75, 3.05) is 7.05 Å². The Morgan fingerprint density at radius 2 is 1.47 bits per heavy atom. The van der Waals surface area contributed by atoms with E-state index in [1.807, 2.05) is 52.0 Å². The maximum atomic E-state index is 4.36. The quantitative estimate of drug-likeness (QED) is 0.456. The summed E-state index contributed by atoms with van der Waals surface area (Å²) in [6, 6.07) is 0. The van der Waals surface area contributed by atoms with Crippen molar-refractivity contribution in [3.63, 3.8) is 0 Å². The van der Waals surface area contributed by atoms with Crippen LogP contribution in [0.3, 0.4) is 0 Å². The van der Waals surface area contributed by atoms with Crippen molar-refractivity contribution in [2.24, 2.45) is 4.99 Å². The van der Waals surface area contributed by atoms with E-state index >= 15 is 0 Å². The number of allylic oxidation sites excluding steroid dienone is 9. The van der Waals surface area contributed by atoms with Crippen LogP contribution in [0.2, 0.25) is 0 Å². The first kappa shape index (κ1) is 17.1. The molecule has 0 rings (SSSR count). The zero-order valence-corrected chi connectivity index (χ0v) is 12.9. The highest BCUT2D eigenvalue weighted by Crippen LogP contribution is 2.18. The van der Waals surface area contributed by atoms with E-state index in [9.17, 15) is 0 Å². The first-order valence-corrected chi connectivity index (χ1v) is 6.34. The molecule has 0 aliphatic carbocycles. The van der Waals surface area contributed by atoms with Gasteiger partial charge in [0.25, 0.3) is 0 Å². The fraction of sp³-hybridized carbons (Fsp3) is 0.278. The van der Waals surface area contributed by atoms with Gasteiger partial charge in [-0.3, -0.25) is 4.99 Å². The molecule has 0 aromatic carbocycles. The molecule has 0 unspecified atom stereocenters. The minimum atomic E-state index is 0.905. The third-order valence-corrected chi connectivity index (χ3v) is 2.49. The van der Waals surface area contributed by atoms with Crippen molar-refractivity contribution in [1.82, 2.24) is 0 Å². The normalized spacial score (nSPS) is 12.5. The van der Waals surface area contributed by atoms with E-state index in [2.05, 4.69) is 24.7 Å². The Morgan fingerprint density at radius 3 is 1.79 bits per heavy atom. The van der Waals surface area contributed by atoms with E-state index in [0.717, 1.165) is 33.6 Å². The first-order valence-electron chi connectivity index (χ1n) is 6.34. The van der Waals surface area contributed by atoms with Crippen LogP contribution in [-0.4, -0.2) is 12.8 Å². The highest BCUT2D eigenvalue weighted by molar-refractivity contribution is 6.11. The zero-order valence-electron chi connectivity index (χ0n) is 12.9. The zero-order chi connectivity index (χ0) is 15.0. The number of rotatable bonds is 6. The average Bonchev–Trinajstić information content (AvgIpc) is 2.28. The smallest absolute Gasteiger partial charge is 0.0649 e. The summed E-state index contributed by atoms with van der Waals surface area (Å²) in [7, 11) is 1.79. The van der Waals surface area contributed by atoms with Gasteiger partial charge in [0.2, 0.25) is 0 Å². The molecule has 0 amide bonds. The Morgan fingerprint density at radius 1 is 0.947 bits per heavy atom. The highest BCUT2D eigenvalue weighted by Gasteiger charge is 2.05. The van der Waals surface area contributed by atoms with Gasteiger partial charge in [-0.2, -0.15) is 0 Å². The predicted molar refractivity (Wildman–Crippen MR) is 88.8 cm³/mol. The fourth-order valence-electron chi connectivity index (χ4n) is 1.68. The summed E-state index contributed by atoms with van der Waals surface area (Å²) in [6.07, 6.45) is 8.07. The third kappa shape index (κ3) is 6.01. The lowest BCUT2D eigenvalue weighted by Gasteiger charge is -2.09. The maximum Gasteiger partial charge on any atom is 0.0649 e. The molecular weight excluding hydrogens is 230 g/mol. The molecule has 0 heterocycles. The van der Waals surface area contributed by atoms with E-state index < -0.39 is 0 Å². The van der Waals surface area contributed by atoms with Crippen LogP contribution in [0.15, 0.2) is 76.9 Å². The van der Waals surface area contributed by atoms with Gasteiger partial charge in [0.1, 0.15) is 0 Å². The average molecular weight is 255 g/mol. The van der Waals surface area contributed by atoms with Gasteiger partial charge in [-0.1, -0.05) is 54.7 Å². The van der Waals surface area contributed by atoms with E-state index in [4.69, 9.17) is 0 Å². The third-order valence-electron chi connectivity index (χ3n) is 2.49. The molecule has 0 bridgehead atoms. The van der Waals surface area contributed by atoms with Gasteiger partial charge in [0, 0.05) is 7.05 Å². The van der Waals surface area contributed by atoms with Gasteiger partial charge in [0.05, 0.1) is 5.71 Å². The fourth-order valence-corrected chi connectivity index (χ4v) is 1.68. The number of hydrogen-bond donors (Lipinski definition) is 0. The van der Waals surface area contributed by atoms with Crippen LogP contribution in [0, 0.1) is 0 Å². The monoisotopic (exact) mass is 255 g/mol. The molecule has 0 saturated heterocycles.